The van der Waals surface area contributed by atoms with Crippen molar-refractivity contribution in [2.45, 2.75) is 32.4 Å². The SMILES string of the molecule is C[C@H]1OCCC[C@H]1C(=O)NCc1ccn2ccnc2c1. The number of hydrogen-bond acceptors (Lipinski definition) is 3. The number of fused-ring (bicyclic) bond motifs is 1. The summed E-state index contributed by atoms with van der Waals surface area (Å²) in [5.74, 6) is 0.0549. The molecule has 0 aliphatic carbocycles. The molecule has 0 radical (unpaired) electrons. The van der Waals surface area contributed by atoms with Crippen LogP contribution in [0, 0.1) is 5.92 Å². The van der Waals surface area contributed by atoms with E-state index in [2.05, 4.69) is 10.3 Å². The van der Waals surface area contributed by atoms with Crippen molar-refractivity contribution < 1.29 is 9.53 Å². The molecule has 5 heteroatoms. The third kappa shape index (κ3) is 2.67. The molecule has 0 unspecified atom stereocenters. The van der Waals surface area contributed by atoms with E-state index in [4.69, 9.17) is 4.74 Å². The van der Waals surface area contributed by atoms with Gasteiger partial charge in [0.25, 0.3) is 0 Å². The number of nitrogens with zero attached hydrogens (tertiary/aromatic N) is 2. The molecule has 1 aliphatic heterocycles. The highest BCUT2D eigenvalue weighted by molar-refractivity contribution is 5.79. The molecule has 3 rings (SSSR count). The summed E-state index contributed by atoms with van der Waals surface area (Å²) >= 11 is 0. The van der Waals surface area contributed by atoms with Crippen molar-refractivity contribution in [3.05, 3.63) is 36.3 Å². The number of amides is 1. The lowest BCUT2D eigenvalue weighted by molar-refractivity contribution is -0.133. The van der Waals surface area contributed by atoms with Crippen molar-refractivity contribution in [2.75, 3.05) is 6.61 Å². The Hall–Kier alpha value is -1.88. The predicted molar refractivity (Wildman–Crippen MR) is 75.2 cm³/mol. The molecular formula is C15H19N3O2. The topological polar surface area (TPSA) is 55.6 Å². The van der Waals surface area contributed by atoms with E-state index in [1.807, 2.05) is 35.9 Å². The first-order valence-electron chi connectivity index (χ1n) is 7.05. The molecule has 0 spiro atoms. The first kappa shape index (κ1) is 13.1. The van der Waals surface area contributed by atoms with E-state index in [0.29, 0.717) is 6.54 Å². The Bertz CT molecular complexity index is 608. The monoisotopic (exact) mass is 273 g/mol. The van der Waals surface area contributed by atoms with Crippen molar-refractivity contribution >= 4 is 11.6 Å². The normalized spacial score (nSPS) is 22.9. The highest BCUT2D eigenvalue weighted by Crippen LogP contribution is 2.20. The number of carbonyl (C=O) groups is 1. The molecule has 20 heavy (non-hydrogen) atoms. The van der Waals surface area contributed by atoms with Crippen LogP contribution in [0.25, 0.3) is 5.65 Å². The Morgan fingerprint density at radius 3 is 3.30 bits per heavy atom. The second-order valence-corrected chi connectivity index (χ2v) is 5.27. The molecule has 0 saturated carbocycles. The van der Waals surface area contributed by atoms with Gasteiger partial charge < -0.3 is 14.5 Å². The van der Waals surface area contributed by atoms with E-state index in [1.54, 1.807) is 6.20 Å². The van der Waals surface area contributed by atoms with Crippen molar-refractivity contribution in [3.63, 3.8) is 0 Å². The number of pyridine rings is 1. The maximum absolute atomic E-state index is 12.2. The van der Waals surface area contributed by atoms with Crippen LogP contribution in [0.5, 0.6) is 0 Å². The van der Waals surface area contributed by atoms with E-state index in [1.165, 1.54) is 0 Å². The first-order chi connectivity index (χ1) is 9.74. The van der Waals surface area contributed by atoms with Gasteiger partial charge in [0.2, 0.25) is 5.91 Å². The fraction of sp³-hybridized carbons (Fsp3) is 0.467. The number of nitrogens with one attached hydrogen (secondary N) is 1. The van der Waals surface area contributed by atoms with Crippen LogP contribution >= 0.6 is 0 Å². The summed E-state index contributed by atoms with van der Waals surface area (Å²) in [6.45, 7) is 3.27. The van der Waals surface area contributed by atoms with Crippen molar-refractivity contribution in [1.29, 1.82) is 0 Å². The fourth-order valence-corrected chi connectivity index (χ4v) is 2.65. The minimum Gasteiger partial charge on any atom is -0.378 e. The van der Waals surface area contributed by atoms with E-state index < -0.39 is 0 Å². The van der Waals surface area contributed by atoms with E-state index >= 15 is 0 Å². The van der Waals surface area contributed by atoms with Gasteiger partial charge in [-0.1, -0.05) is 0 Å². The van der Waals surface area contributed by atoms with Crippen LogP contribution in [-0.4, -0.2) is 28.0 Å². The molecule has 3 heterocycles. The molecule has 1 amide bonds. The van der Waals surface area contributed by atoms with Gasteiger partial charge in [-0.2, -0.15) is 0 Å². The minimum absolute atomic E-state index is 0.0125. The van der Waals surface area contributed by atoms with Crippen LogP contribution in [0.4, 0.5) is 0 Å². The standard InChI is InChI=1S/C15H19N3O2/c1-11-13(3-2-8-20-11)15(19)17-10-12-4-6-18-7-5-16-14(18)9-12/h4-7,9,11,13H,2-3,8,10H2,1H3,(H,17,19)/t11-,13-/m1/s1. The Labute approximate surface area is 118 Å². The van der Waals surface area contributed by atoms with Crippen molar-refractivity contribution in [1.82, 2.24) is 14.7 Å². The lowest BCUT2D eigenvalue weighted by Crippen LogP contribution is -2.39. The van der Waals surface area contributed by atoms with Gasteiger partial charge in [-0.25, -0.2) is 4.98 Å². The van der Waals surface area contributed by atoms with Gasteiger partial charge in [-0.05, 0) is 37.5 Å². The van der Waals surface area contributed by atoms with Gasteiger partial charge in [0.05, 0.1) is 12.0 Å². The summed E-state index contributed by atoms with van der Waals surface area (Å²) in [4.78, 5) is 16.4. The van der Waals surface area contributed by atoms with Crippen LogP contribution in [0.15, 0.2) is 30.7 Å². The van der Waals surface area contributed by atoms with E-state index in [9.17, 15) is 4.79 Å². The lowest BCUT2D eigenvalue weighted by atomic mass is 9.94. The Morgan fingerprint density at radius 1 is 1.55 bits per heavy atom. The molecule has 1 fully saturated rings. The Kier molecular flexibility index (Phi) is 3.69. The highest BCUT2D eigenvalue weighted by Gasteiger charge is 2.28. The zero-order chi connectivity index (χ0) is 13.9. The number of hydrogen-bond donors (Lipinski definition) is 1. The molecule has 106 valence electrons. The minimum atomic E-state index is -0.0288. The first-order valence-corrected chi connectivity index (χ1v) is 7.05. The predicted octanol–water partition coefficient (Wildman–Crippen LogP) is 1.77. The summed E-state index contributed by atoms with van der Waals surface area (Å²) in [6, 6.07) is 3.98. The number of rotatable bonds is 3. The van der Waals surface area contributed by atoms with Crippen LogP contribution in [-0.2, 0) is 16.1 Å². The fourth-order valence-electron chi connectivity index (χ4n) is 2.65. The Morgan fingerprint density at radius 2 is 2.45 bits per heavy atom. The molecule has 0 bridgehead atoms. The second kappa shape index (κ2) is 5.63. The summed E-state index contributed by atoms with van der Waals surface area (Å²) in [6.07, 6.45) is 7.50. The van der Waals surface area contributed by atoms with Crippen molar-refractivity contribution in [2.24, 2.45) is 5.92 Å². The zero-order valence-corrected chi connectivity index (χ0v) is 11.6. The third-order valence-corrected chi connectivity index (χ3v) is 3.87. The molecule has 2 aromatic rings. The molecule has 5 nitrogen and oxygen atoms in total. The van der Waals surface area contributed by atoms with Gasteiger partial charge in [0, 0.05) is 31.7 Å². The summed E-state index contributed by atoms with van der Waals surface area (Å²) in [7, 11) is 0. The van der Waals surface area contributed by atoms with Crippen LogP contribution in [0.1, 0.15) is 25.3 Å². The average Bonchev–Trinajstić information content (AvgIpc) is 2.92. The lowest BCUT2D eigenvalue weighted by Gasteiger charge is -2.28. The van der Waals surface area contributed by atoms with E-state index in [-0.39, 0.29) is 17.9 Å². The third-order valence-electron chi connectivity index (χ3n) is 3.87. The molecule has 1 saturated heterocycles. The summed E-state index contributed by atoms with van der Waals surface area (Å²) < 4.78 is 7.48. The highest BCUT2D eigenvalue weighted by atomic mass is 16.5. The smallest absolute Gasteiger partial charge is 0.225 e. The molecule has 2 atom stereocenters. The van der Waals surface area contributed by atoms with Gasteiger partial charge in [0.15, 0.2) is 0 Å². The molecule has 0 aromatic carbocycles. The maximum Gasteiger partial charge on any atom is 0.225 e. The summed E-state index contributed by atoms with van der Waals surface area (Å²) in [5, 5.41) is 3.00. The summed E-state index contributed by atoms with van der Waals surface area (Å²) in [5.41, 5.74) is 1.95. The zero-order valence-electron chi connectivity index (χ0n) is 11.6. The molecule has 1 N–H and O–H groups in total. The Balaban J connectivity index is 1.61. The largest absolute Gasteiger partial charge is 0.378 e. The number of imidazole rings is 1. The molecular weight excluding hydrogens is 254 g/mol. The maximum atomic E-state index is 12.2. The van der Waals surface area contributed by atoms with Crippen molar-refractivity contribution in [3.8, 4) is 0 Å². The van der Waals surface area contributed by atoms with Gasteiger partial charge in [-0.3, -0.25) is 4.79 Å². The number of aromatic nitrogens is 2. The second-order valence-electron chi connectivity index (χ2n) is 5.27. The van der Waals surface area contributed by atoms with Gasteiger partial charge in [0.1, 0.15) is 5.65 Å². The van der Waals surface area contributed by atoms with Gasteiger partial charge in [-0.15, -0.1) is 0 Å². The van der Waals surface area contributed by atoms with E-state index in [0.717, 1.165) is 30.7 Å². The quantitative estimate of drug-likeness (QED) is 0.927. The average molecular weight is 273 g/mol. The molecule has 1 aliphatic rings. The number of carbonyl (C=O) groups excluding carboxylic acids is 1. The number of ether oxygens (including phenoxy) is 1. The van der Waals surface area contributed by atoms with Crippen LogP contribution < -0.4 is 5.32 Å². The van der Waals surface area contributed by atoms with Crippen LogP contribution in [0.2, 0.25) is 0 Å². The van der Waals surface area contributed by atoms with Crippen LogP contribution in [0.3, 0.4) is 0 Å². The van der Waals surface area contributed by atoms with Gasteiger partial charge >= 0.3 is 0 Å². The molecule has 2 aromatic heterocycles.